The molecule has 4 nitrogen and oxygen atoms in total. The summed E-state index contributed by atoms with van der Waals surface area (Å²) in [5.74, 6) is -0.756. The van der Waals surface area contributed by atoms with E-state index in [-0.39, 0.29) is 31.0 Å². The number of sulfonamides is 1. The van der Waals surface area contributed by atoms with Crippen LogP contribution in [0.25, 0.3) is 0 Å². The summed E-state index contributed by atoms with van der Waals surface area (Å²) in [5.41, 5.74) is 0.0490. The summed E-state index contributed by atoms with van der Waals surface area (Å²) < 4.78 is 38.4. The van der Waals surface area contributed by atoms with Crippen LogP contribution < -0.4 is 4.31 Å². The number of hydrogen-bond donors (Lipinski definition) is 1. The van der Waals surface area contributed by atoms with Crippen molar-refractivity contribution in [3.8, 4) is 0 Å². The SMILES string of the molecule is CCN(c1ccccc1F)S(=O)(=O)CCCO. The number of benzene rings is 1. The largest absolute Gasteiger partial charge is 0.396 e. The first-order valence-corrected chi connectivity index (χ1v) is 6.99. The lowest BCUT2D eigenvalue weighted by Gasteiger charge is -2.23. The Labute approximate surface area is 101 Å². The van der Waals surface area contributed by atoms with E-state index in [1.807, 2.05) is 0 Å². The molecule has 0 saturated heterocycles. The van der Waals surface area contributed by atoms with Gasteiger partial charge in [-0.3, -0.25) is 4.31 Å². The van der Waals surface area contributed by atoms with Crippen molar-refractivity contribution in [2.45, 2.75) is 13.3 Å². The van der Waals surface area contributed by atoms with Gasteiger partial charge in [0.1, 0.15) is 5.82 Å². The average molecular weight is 261 g/mol. The summed E-state index contributed by atoms with van der Waals surface area (Å²) >= 11 is 0. The highest BCUT2D eigenvalue weighted by Crippen LogP contribution is 2.21. The maximum Gasteiger partial charge on any atom is 0.235 e. The molecule has 0 aliphatic carbocycles. The highest BCUT2D eigenvalue weighted by atomic mass is 32.2. The van der Waals surface area contributed by atoms with Gasteiger partial charge in [-0.2, -0.15) is 0 Å². The number of para-hydroxylation sites is 1. The summed E-state index contributed by atoms with van der Waals surface area (Å²) in [6, 6.07) is 5.74. The molecule has 1 aromatic rings. The van der Waals surface area contributed by atoms with Crippen LogP contribution in [0.2, 0.25) is 0 Å². The summed E-state index contributed by atoms with van der Waals surface area (Å²) in [4.78, 5) is 0. The maximum absolute atomic E-state index is 13.5. The predicted molar refractivity (Wildman–Crippen MR) is 64.9 cm³/mol. The maximum atomic E-state index is 13.5. The Balaban J connectivity index is 3.04. The van der Waals surface area contributed by atoms with Gasteiger partial charge >= 0.3 is 0 Å². The first kappa shape index (κ1) is 13.9. The zero-order valence-corrected chi connectivity index (χ0v) is 10.5. The highest BCUT2D eigenvalue weighted by molar-refractivity contribution is 7.92. The fraction of sp³-hybridized carbons (Fsp3) is 0.455. The van der Waals surface area contributed by atoms with Gasteiger partial charge in [0.25, 0.3) is 0 Å². The lowest BCUT2D eigenvalue weighted by molar-refractivity contribution is 0.295. The Morgan fingerprint density at radius 1 is 1.35 bits per heavy atom. The third-order valence-corrected chi connectivity index (χ3v) is 4.24. The Morgan fingerprint density at radius 3 is 2.53 bits per heavy atom. The lowest BCUT2D eigenvalue weighted by atomic mass is 10.3. The van der Waals surface area contributed by atoms with Crippen LogP contribution in [0.4, 0.5) is 10.1 Å². The van der Waals surface area contributed by atoms with Crippen molar-refractivity contribution >= 4 is 15.7 Å². The van der Waals surface area contributed by atoms with E-state index in [0.29, 0.717) is 0 Å². The first-order valence-electron chi connectivity index (χ1n) is 5.38. The number of anilines is 1. The zero-order valence-electron chi connectivity index (χ0n) is 9.63. The minimum absolute atomic E-state index is 0.0490. The molecule has 0 spiro atoms. The summed E-state index contributed by atoms with van der Waals surface area (Å²) in [7, 11) is -3.58. The molecule has 0 heterocycles. The van der Waals surface area contributed by atoms with E-state index in [1.165, 1.54) is 18.2 Å². The van der Waals surface area contributed by atoms with Crippen LogP contribution in [0.15, 0.2) is 24.3 Å². The zero-order chi connectivity index (χ0) is 12.9. The van der Waals surface area contributed by atoms with Crippen molar-refractivity contribution < 1.29 is 17.9 Å². The Bertz CT molecular complexity index is 462. The molecule has 0 amide bonds. The van der Waals surface area contributed by atoms with Crippen LogP contribution in [0, 0.1) is 5.82 Å². The molecule has 0 fully saturated rings. The molecule has 1 rings (SSSR count). The second kappa shape index (κ2) is 5.97. The van der Waals surface area contributed by atoms with Crippen molar-refractivity contribution in [3.05, 3.63) is 30.1 Å². The predicted octanol–water partition coefficient (Wildman–Crippen LogP) is 1.36. The summed E-state index contributed by atoms with van der Waals surface area (Å²) in [6.45, 7) is 1.60. The molecule has 96 valence electrons. The van der Waals surface area contributed by atoms with Crippen LogP contribution in [0.1, 0.15) is 13.3 Å². The Morgan fingerprint density at radius 2 is 2.00 bits per heavy atom. The van der Waals surface area contributed by atoms with Gasteiger partial charge in [0.05, 0.1) is 11.4 Å². The second-order valence-electron chi connectivity index (χ2n) is 3.51. The average Bonchev–Trinajstić information content (AvgIpc) is 2.30. The molecule has 0 unspecified atom stereocenters. The molecular formula is C11H16FNO3S. The minimum Gasteiger partial charge on any atom is -0.396 e. The van der Waals surface area contributed by atoms with E-state index in [4.69, 9.17) is 5.11 Å². The normalized spacial score (nSPS) is 11.5. The number of halogens is 1. The number of aliphatic hydroxyl groups excluding tert-OH is 1. The Hall–Kier alpha value is -1.14. The molecule has 0 aromatic heterocycles. The van der Waals surface area contributed by atoms with Gasteiger partial charge in [0.15, 0.2) is 0 Å². The molecule has 1 N–H and O–H groups in total. The van der Waals surface area contributed by atoms with Crippen molar-refractivity contribution in [1.29, 1.82) is 0 Å². The molecular weight excluding hydrogens is 245 g/mol. The third-order valence-electron chi connectivity index (χ3n) is 2.30. The number of aliphatic hydroxyl groups is 1. The van der Waals surface area contributed by atoms with Gasteiger partial charge in [0.2, 0.25) is 10.0 Å². The molecule has 1 aromatic carbocycles. The van der Waals surface area contributed by atoms with Crippen molar-refractivity contribution in [2.24, 2.45) is 0 Å². The van der Waals surface area contributed by atoms with Gasteiger partial charge in [-0.05, 0) is 25.5 Å². The second-order valence-corrected chi connectivity index (χ2v) is 5.52. The number of rotatable bonds is 6. The molecule has 0 radical (unpaired) electrons. The van der Waals surface area contributed by atoms with E-state index >= 15 is 0 Å². The van der Waals surface area contributed by atoms with Gasteiger partial charge in [0, 0.05) is 13.2 Å². The van der Waals surface area contributed by atoms with E-state index in [0.717, 1.165) is 4.31 Å². The van der Waals surface area contributed by atoms with Crippen LogP contribution in [0.3, 0.4) is 0 Å². The molecule has 6 heteroatoms. The fourth-order valence-corrected chi connectivity index (χ4v) is 3.08. The van der Waals surface area contributed by atoms with Crippen molar-refractivity contribution in [2.75, 3.05) is 23.2 Å². The monoisotopic (exact) mass is 261 g/mol. The quantitative estimate of drug-likeness (QED) is 0.841. The number of hydrogen-bond acceptors (Lipinski definition) is 3. The van der Waals surface area contributed by atoms with Gasteiger partial charge in [-0.25, -0.2) is 12.8 Å². The fourth-order valence-electron chi connectivity index (χ4n) is 1.53. The topological polar surface area (TPSA) is 57.6 Å². The summed E-state index contributed by atoms with van der Waals surface area (Å²) in [6.07, 6.45) is 0.146. The van der Waals surface area contributed by atoms with E-state index < -0.39 is 15.8 Å². The molecule has 0 aliphatic heterocycles. The van der Waals surface area contributed by atoms with Crippen LogP contribution in [-0.2, 0) is 10.0 Å². The van der Waals surface area contributed by atoms with Crippen LogP contribution in [0.5, 0.6) is 0 Å². The molecule has 0 atom stereocenters. The van der Waals surface area contributed by atoms with Gasteiger partial charge in [-0.1, -0.05) is 12.1 Å². The molecule has 0 bridgehead atoms. The summed E-state index contributed by atoms with van der Waals surface area (Å²) in [5, 5.41) is 8.65. The smallest absolute Gasteiger partial charge is 0.235 e. The standard InChI is InChI=1S/C11H16FNO3S/c1-2-13(17(15,16)9-5-8-14)11-7-4-3-6-10(11)12/h3-4,6-7,14H,2,5,8-9H2,1H3. The van der Waals surface area contributed by atoms with Crippen molar-refractivity contribution in [3.63, 3.8) is 0 Å². The Kier molecular flexibility index (Phi) is 4.89. The van der Waals surface area contributed by atoms with Gasteiger partial charge < -0.3 is 5.11 Å². The third kappa shape index (κ3) is 3.41. The highest BCUT2D eigenvalue weighted by Gasteiger charge is 2.22. The molecule has 0 aliphatic rings. The molecule has 17 heavy (non-hydrogen) atoms. The first-order chi connectivity index (χ1) is 8.03. The lowest BCUT2D eigenvalue weighted by Crippen LogP contribution is -2.33. The van der Waals surface area contributed by atoms with Crippen LogP contribution >= 0.6 is 0 Å². The van der Waals surface area contributed by atoms with Gasteiger partial charge in [-0.15, -0.1) is 0 Å². The van der Waals surface area contributed by atoms with E-state index in [2.05, 4.69) is 0 Å². The van der Waals surface area contributed by atoms with E-state index in [9.17, 15) is 12.8 Å². The number of nitrogens with zero attached hydrogens (tertiary/aromatic N) is 1. The van der Waals surface area contributed by atoms with Crippen LogP contribution in [-0.4, -0.2) is 32.4 Å². The minimum atomic E-state index is -3.58. The van der Waals surface area contributed by atoms with Crippen molar-refractivity contribution in [1.82, 2.24) is 0 Å². The molecule has 0 saturated carbocycles. The van der Waals surface area contributed by atoms with E-state index in [1.54, 1.807) is 13.0 Å².